The third-order valence-corrected chi connectivity index (χ3v) is 6.10. The van der Waals surface area contributed by atoms with E-state index in [2.05, 4.69) is 34.4 Å². The minimum atomic E-state index is 0.0314. The van der Waals surface area contributed by atoms with Crippen molar-refractivity contribution in [3.63, 3.8) is 0 Å². The van der Waals surface area contributed by atoms with Crippen LogP contribution in [0.1, 0.15) is 27.6 Å². The first kappa shape index (κ1) is 14.1. The quantitative estimate of drug-likeness (QED) is 0.799. The summed E-state index contributed by atoms with van der Waals surface area (Å²) in [5.41, 5.74) is 1.27. The summed E-state index contributed by atoms with van der Waals surface area (Å²) < 4.78 is 0. The van der Waals surface area contributed by atoms with Crippen LogP contribution in [-0.2, 0) is 25.9 Å². The summed E-state index contributed by atoms with van der Waals surface area (Å²) in [6.07, 6.45) is 3.29. The molecule has 3 aromatic heterocycles. The number of aromatic nitrogens is 2. The van der Waals surface area contributed by atoms with E-state index in [1.165, 1.54) is 21.7 Å². The number of hydrogen-bond donors (Lipinski definition) is 1. The van der Waals surface area contributed by atoms with Gasteiger partial charge in [0.2, 0.25) is 0 Å². The molecule has 0 aromatic carbocycles. The van der Waals surface area contributed by atoms with Gasteiger partial charge in [-0.25, -0.2) is 4.98 Å². The predicted octanol–water partition coefficient (Wildman–Crippen LogP) is 3.17. The molecule has 1 aliphatic carbocycles. The van der Waals surface area contributed by atoms with Gasteiger partial charge in [0.15, 0.2) is 0 Å². The van der Waals surface area contributed by atoms with Crippen LogP contribution in [0.3, 0.4) is 0 Å². The Labute approximate surface area is 136 Å². The smallest absolute Gasteiger partial charge is 0.259 e. The summed E-state index contributed by atoms with van der Waals surface area (Å²) >= 11 is 3.45. The van der Waals surface area contributed by atoms with Gasteiger partial charge in [-0.1, -0.05) is 6.07 Å². The van der Waals surface area contributed by atoms with Crippen molar-refractivity contribution >= 4 is 32.9 Å². The lowest BCUT2D eigenvalue weighted by atomic mass is 10.2. The Balaban J connectivity index is 1.61. The van der Waals surface area contributed by atoms with Crippen LogP contribution in [-0.4, -0.2) is 21.9 Å². The fourth-order valence-electron chi connectivity index (χ4n) is 3.10. The van der Waals surface area contributed by atoms with Crippen LogP contribution >= 0.6 is 22.7 Å². The summed E-state index contributed by atoms with van der Waals surface area (Å²) in [6.45, 7) is 1.53. The molecule has 0 aliphatic heterocycles. The lowest BCUT2D eigenvalue weighted by molar-refractivity contribution is 0.313. The number of rotatable bonds is 4. The van der Waals surface area contributed by atoms with Crippen molar-refractivity contribution in [2.45, 2.75) is 32.4 Å². The van der Waals surface area contributed by atoms with Crippen LogP contribution in [0, 0.1) is 0 Å². The molecule has 1 N–H and O–H groups in total. The molecular formula is C16H17N3OS2. The van der Waals surface area contributed by atoms with Crippen molar-refractivity contribution in [1.29, 1.82) is 0 Å². The second kappa shape index (κ2) is 5.61. The van der Waals surface area contributed by atoms with Gasteiger partial charge in [-0.05, 0) is 43.3 Å². The van der Waals surface area contributed by atoms with Gasteiger partial charge >= 0.3 is 0 Å². The van der Waals surface area contributed by atoms with E-state index in [9.17, 15) is 4.79 Å². The monoisotopic (exact) mass is 331 g/mol. The summed E-state index contributed by atoms with van der Waals surface area (Å²) in [4.78, 5) is 25.9. The molecule has 0 amide bonds. The minimum Gasteiger partial charge on any atom is -0.309 e. The van der Waals surface area contributed by atoms with Gasteiger partial charge in [-0.3, -0.25) is 9.69 Å². The summed E-state index contributed by atoms with van der Waals surface area (Å²) in [5, 5.41) is 2.92. The molecule has 0 saturated carbocycles. The number of H-pyrrole nitrogens is 1. The van der Waals surface area contributed by atoms with E-state index in [1.807, 2.05) is 0 Å². The Morgan fingerprint density at radius 3 is 3.09 bits per heavy atom. The zero-order valence-corrected chi connectivity index (χ0v) is 14.0. The van der Waals surface area contributed by atoms with E-state index < -0.39 is 0 Å². The number of thiophene rings is 2. The maximum Gasteiger partial charge on any atom is 0.259 e. The molecule has 0 radical (unpaired) electrons. The number of aromatic amines is 1. The van der Waals surface area contributed by atoms with Crippen molar-refractivity contribution in [2.75, 3.05) is 7.05 Å². The molecule has 0 atom stereocenters. The number of hydrogen-bond acceptors (Lipinski definition) is 5. The highest BCUT2D eigenvalue weighted by Crippen LogP contribution is 2.34. The van der Waals surface area contributed by atoms with Crippen molar-refractivity contribution in [3.05, 3.63) is 49.0 Å². The maximum atomic E-state index is 12.4. The molecule has 22 heavy (non-hydrogen) atoms. The molecule has 114 valence electrons. The minimum absolute atomic E-state index is 0.0314. The van der Waals surface area contributed by atoms with E-state index in [4.69, 9.17) is 4.98 Å². The molecule has 6 heteroatoms. The number of nitrogens with one attached hydrogen (secondary N) is 1. The highest BCUT2D eigenvalue weighted by molar-refractivity contribution is 7.18. The van der Waals surface area contributed by atoms with Crippen LogP contribution in [0.2, 0.25) is 0 Å². The number of aryl methyl sites for hydroxylation is 2. The first-order chi connectivity index (χ1) is 10.7. The summed E-state index contributed by atoms with van der Waals surface area (Å²) in [7, 11) is 2.05. The molecule has 0 spiro atoms. The van der Waals surface area contributed by atoms with Gasteiger partial charge in [0.25, 0.3) is 5.56 Å². The van der Waals surface area contributed by atoms with Gasteiger partial charge in [0.05, 0.1) is 11.9 Å². The van der Waals surface area contributed by atoms with Crippen LogP contribution in [0.4, 0.5) is 0 Å². The van der Waals surface area contributed by atoms with Gasteiger partial charge in [-0.15, -0.1) is 22.7 Å². The fourth-order valence-corrected chi connectivity index (χ4v) is 5.17. The second-order valence-corrected chi connectivity index (χ2v) is 7.92. The number of nitrogens with zero attached hydrogens (tertiary/aromatic N) is 2. The van der Waals surface area contributed by atoms with Gasteiger partial charge in [-0.2, -0.15) is 0 Å². The molecule has 3 heterocycles. The Kier molecular flexibility index (Phi) is 3.60. The Morgan fingerprint density at radius 2 is 2.27 bits per heavy atom. The summed E-state index contributed by atoms with van der Waals surface area (Å²) in [6, 6.07) is 4.19. The lowest BCUT2D eigenvalue weighted by Crippen LogP contribution is -2.21. The molecule has 4 nitrogen and oxygen atoms in total. The standard InChI is InChI=1S/C16H17N3OS2/c1-19(8-10-4-3-7-21-10)9-13-17-15(20)14-11-5-2-6-12(11)22-16(14)18-13/h3-4,7H,2,5-6,8-9H2,1H3,(H,17,18,20). The zero-order valence-electron chi connectivity index (χ0n) is 12.4. The van der Waals surface area contributed by atoms with Crippen LogP contribution < -0.4 is 5.56 Å². The average Bonchev–Trinajstić information content (AvgIpc) is 3.14. The lowest BCUT2D eigenvalue weighted by Gasteiger charge is -2.14. The maximum absolute atomic E-state index is 12.4. The molecular weight excluding hydrogens is 314 g/mol. The molecule has 0 fully saturated rings. The second-order valence-electron chi connectivity index (χ2n) is 5.80. The average molecular weight is 331 g/mol. The van der Waals surface area contributed by atoms with E-state index in [-0.39, 0.29) is 5.56 Å². The van der Waals surface area contributed by atoms with Crippen molar-refractivity contribution in [3.8, 4) is 0 Å². The van der Waals surface area contributed by atoms with Crippen LogP contribution in [0.25, 0.3) is 10.2 Å². The highest BCUT2D eigenvalue weighted by Gasteiger charge is 2.21. The Bertz CT molecular complexity index is 864. The largest absolute Gasteiger partial charge is 0.309 e. The molecule has 1 aliphatic rings. The normalized spacial score (nSPS) is 14.1. The molecule has 0 saturated heterocycles. The van der Waals surface area contributed by atoms with Crippen LogP contribution in [0.5, 0.6) is 0 Å². The first-order valence-corrected chi connectivity index (χ1v) is 9.14. The van der Waals surface area contributed by atoms with Crippen LogP contribution in [0.15, 0.2) is 22.3 Å². The van der Waals surface area contributed by atoms with Crippen molar-refractivity contribution in [1.82, 2.24) is 14.9 Å². The van der Waals surface area contributed by atoms with E-state index >= 15 is 0 Å². The van der Waals surface area contributed by atoms with Crippen molar-refractivity contribution < 1.29 is 0 Å². The Hall–Kier alpha value is -1.50. The summed E-state index contributed by atoms with van der Waals surface area (Å²) in [5.74, 6) is 0.761. The third kappa shape index (κ3) is 2.51. The molecule has 3 aromatic rings. The van der Waals surface area contributed by atoms with E-state index in [0.717, 1.165) is 35.4 Å². The third-order valence-electron chi connectivity index (χ3n) is 4.05. The van der Waals surface area contributed by atoms with Gasteiger partial charge < -0.3 is 4.98 Å². The first-order valence-electron chi connectivity index (χ1n) is 7.45. The molecule has 0 bridgehead atoms. The van der Waals surface area contributed by atoms with E-state index in [1.54, 1.807) is 22.7 Å². The SMILES string of the molecule is CN(Cc1nc2sc3c(c2c(=O)[nH]1)CCC3)Cc1cccs1. The molecule has 0 unspecified atom stereocenters. The topological polar surface area (TPSA) is 49.0 Å². The number of fused-ring (bicyclic) bond motifs is 3. The Morgan fingerprint density at radius 1 is 1.36 bits per heavy atom. The fraction of sp³-hybridized carbons (Fsp3) is 0.375. The van der Waals surface area contributed by atoms with Crippen molar-refractivity contribution in [2.24, 2.45) is 0 Å². The highest BCUT2D eigenvalue weighted by atomic mass is 32.1. The van der Waals surface area contributed by atoms with E-state index in [0.29, 0.717) is 6.54 Å². The van der Waals surface area contributed by atoms with Gasteiger partial charge in [0.1, 0.15) is 10.7 Å². The molecule has 4 rings (SSSR count). The zero-order chi connectivity index (χ0) is 15.1. The van der Waals surface area contributed by atoms with Gasteiger partial charge in [0, 0.05) is 16.3 Å². The predicted molar refractivity (Wildman–Crippen MR) is 91.8 cm³/mol.